The number of anilines is 1. The summed E-state index contributed by atoms with van der Waals surface area (Å²) in [6, 6.07) is 5.35. The van der Waals surface area contributed by atoms with Crippen LogP contribution in [0.25, 0.3) is 0 Å². The summed E-state index contributed by atoms with van der Waals surface area (Å²) in [5, 5.41) is 2.94. The quantitative estimate of drug-likeness (QED) is 0.875. The zero-order valence-electron chi connectivity index (χ0n) is 12.4. The number of methoxy groups -OCH3 is 2. The number of rotatable bonds is 5. The van der Waals surface area contributed by atoms with Crippen molar-refractivity contribution in [2.24, 2.45) is 17.6 Å². The smallest absolute Gasteiger partial charge is 0.227 e. The maximum Gasteiger partial charge on any atom is 0.227 e. The van der Waals surface area contributed by atoms with Gasteiger partial charge in [0.25, 0.3) is 0 Å². The van der Waals surface area contributed by atoms with Gasteiger partial charge in [-0.2, -0.15) is 0 Å². The lowest BCUT2D eigenvalue weighted by Crippen LogP contribution is -2.29. The molecule has 1 fully saturated rings. The third-order valence-corrected chi connectivity index (χ3v) is 3.97. The highest BCUT2D eigenvalue weighted by molar-refractivity contribution is 5.94. The molecule has 1 aliphatic rings. The molecule has 1 aromatic rings. The Hall–Kier alpha value is -1.46. The van der Waals surface area contributed by atoms with Gasteiger partial charge in [0.1, 0.15) is 11.5 Å². The van der Waals surface area contributed by atoms with E-state index in [9.17, 15) is 4.79 Å². The minimum Gasteiger partial charge on any atom is -0.497 e. The van der Waals surface area contributed by atoms with Gasteiger partial charge in [-0.1, -0.05) is 6.42 Å². The molecule has 0 heterocycles. The molecule has 0 unspecified atom stereocenters. The van der Waals surface area contributed by atoms with Crippen molar-refractivity contribution in [3.63, 3.8) is 0 Å². The predicted octanol–water partition coefficient (Wildman–Crippen LogP) is 2.44. The number of halogens is 1. The van der Waals surface area contributed by atoms with Gasteiger partial charge in [-0.3, -0.25) is 4.79 Å². The van der Waals surface area contributed by atoms with E-state index in [1.165, 1.54) is 0 Å². The predicted molar refractivity (Wildman–Crippen MR) is 85.3 cm³/mol. The molecular weight excluding hydrogens is 292 g/mol. The Labute approximate surface area is 131 Å². The second-order valence-electron chi connectivity index (χ2n) is 5.09. The third-order valence-electron chi connectivity index (χ3n) is 3.97. The topological polar surface area (TPSA) is 73.6 Å². The van der Waals surface area contributed by atoms with Crippen LogP contribution in [-0.4, -0.2) is 26.7 Å². The van der Waals surface area contributed by atoms with Crippen molar-refractivity contribution in [2.45, 2.75) is 19.3 Å². The van der Waals surface area contributed by atoms with Crippen molar-refractivity contribution in [3.05, 3.63) is 18.2 Å². The second-order valence-corrected chi connectivity index (χ2v) is 5.09. The van der Waals surface area contributed by atoms with Gasteiger partial charge in [-0.25, -0.2) is 0 Å². The van der Waals surface area contributed by atoms with Gasteiger partial charge in [0.05, 0.1) is 19.9 Å². The molecule has 2 atom stereocenters. The number of hydrogen-bond acceptors (Lipinski definition) is 4. The van der Waals surface area contributed by atoms with E-state index < -0.39 is 0 Å². The number of nitrogens with one attached hydrogen (secondary N) is 1. The first-order chi connectivity index (χ1) is 9.69. The first kappa shape index (κ1) is 17.6. The number of carbonyl (C=O) groups is 1. The van der Waals surface area contributed by atoms with Gasteiger partial charge < -0.3 is 20.5 Å². The molecule has 21 heavy (non-hydrogen) atoms. The van der Waals surface area contributed by atoms with Crippen LogP contribution in [0.2, 0.25) is 0 Å². The van der Waals surface area contributed by atoms with E-state index in [1.807, 2.05) is 0 Å². The molecular formula is C15H23ClN2O3. The highest BCUT2D eigenvalue weighted by atomic mass is 35.5. The molecule has 1 aliphatic carbocycles. The molecule has 3 N–H and O–H groups in total. The van der Waals surface area contributed by atoms with Crippen molar-refractivity contribution in [1.82, 2.24) is 0 Å². The Morgan fingerprint density at radius 2 is 2.10 bits per heavy atom. The summed E-state index contributed by atoms with van der Waals surface area (Å²) >= 11 is 0. The summed E-state index contributed by atoms with van der Waals surface area (Å²) in [7, 11) is 3.17. The molecule has 2 rings (SSSR count). The highest BCUT2D eigenvalue weighted by Crippen LogP contribution is 2.34. The minimum atomic E-state index is 0. The van der Waals surface area contributed by atoms with Crippen LogP contribution in [0.1, 0.15) is 19.3 Å². The number of amides is 1. The average Bonchev–Trinajstić information content (AvgIpc) is 2.96. The summed E-state index contributed by atoms with van der Waals surface area (Å²) in [4.78, 5) is 12.4. The molecule has 0 aromatic heterocycles. The first-order valence-corrected chi connectivity index (χ1v) is 6.92. The van der Waals surface area contributed by atoms with E-state index in [2.05, 4.69) is 5.32 Å². The lowest BCUT2D eigenvalue weighted by Gasteiger charge is -2.18. The van der Waals surface area contributed by atoms with Gasteiger partial charge in [0, 0.05) is 12.0 Å². The zero-order chi connectivity index (χ0) is 14.5. The number of nitrogens with two attached hydrogens (primary N) is 1. The van der Waals surface area contributed by atoms with Gasteiger partial charge in [0.2, 0.25) is 5.91 Å². The van der Waals surface area contributed by atoms with Crippen molar-refractivity contribution in [1.29, 1.82) is 0 Å². The largest absolute Gasteiger partial charge is 0.497 e. The van der Waals surface area contributed by atoms with Crippen LogP contribution in [-0.2, 0) is 4.79 Å². The van der Waals surface area contributed by atoms with E-state index in [1.54, 1.807) is 32.4 Å². The maximum atomic E-state index is 12.4. The van der Waals surface area contributed by atoms with Gasteiger partial charge in [-0.05, 0) is 37.4 Å². The SMILES string of the molecule is COc1ccc(NC(=O)[C@@H]2CCC[C@@H]2CN)c(OC)c1.Cl. The maximum absolute atomic E-state index is 12.4. The van der Waals surface area contributed by atoms with Crippen LogP contribution in [0.5, 0.6) is 11.5 Å². The molecule has 1 aromatic carbocycles. The minimum absolute atomic E-state index is 0. The van der Waals surface area contributed by atoms with Crippen LogP contribution >= 0.6 is 12.4 Å². The Bertz CT molecular complexity index is 482. The Kier molecular flexibility index (Phi) is 6.78. The van der Waals surface area contributed by atoms with Crippen LogP contribution in [0.4, 0.5) is 5.69 Å². The molecule has 0 radical (unpaired) electrons. The summed E-state index contributed by atoms with van der Waals surface area (Å²) in [6.07, 6.45) is 3.01. The monoisotopic (exact) mass is 314 g/mol. The normalized spacial score (nSPS) is 20.5. The first-order valence-electron chi connectivity index (χ1n) is 6.92. The van der Waals surface area contributed by atoms with Crippen molar-refractivity contribution in [2.75, 3.05) is 26.1 Å². The summed E-state index contributed by atoms with van der Waals surface area (Å²) in [5.74, 6) is 1.62. The Morgan fingerprint density at radius 1 is 1.33 bits per heavy atom. The molecule has 0 aliphatic heterocycles. The fourth-order valence-corrected chi connectivity index (χ4v) is 2.79. The summed E-state index contributed by atoms with van der Waals surface area (Å²) < 4.78 is 10.4. The average molecular weight is 315 g/mol. The molecule has 6 heteroatoms. The van der Waals surface area contributed by atoms with E-state index in [0.717, 1.165) is 19.3 Å². The molecule has 0 saturated heterocycles. The lowest BCUT2D eigenvalue weighted by atomic mass is 9.95. The molecule has 0 bridgehead atoms. The van der Waals surface area contributed by atoms with Gasteiger partial charge >= 0.3 is 0 Å². The van der Waals surface area contributed by atoms with E-state index in [0.29, 0.717) is 29.6 Å². The third kappa shape index (κ3) is 4.02. The van der Waals surface area contributed by atoms with E-state index >= 15 is 0 Å². The molecule has 118 valence electrons. The van der Waals surface area contributed by atoms with Crippen LogP contribution < -0.4 is 20.5 Å². The number of benzene rings is 1. The van der Waals surface area contributed by atoms with E-state index in [-0.39, 0.29) is 24.2 Å². The summed E-state index contributed by atoms with van der Waals surface area (Å²) in [6.45, 7) is 0.567. The Balaban J connectivity index is 0.00000220. The van der Waals surface area contributed by atoms with Crippen molar-refractivity contribution < 1.29 is 14.3 Å². The molecule has 1 saturated carbocycles. The fraction of sp³-hybridized carbons (Fsp3) is 0.533. The van der Waals surface area contributed by atoms with Crippen molar-refractivity contribution in [3.8, 4) is 11.5 Å². The van der Waals surface area contributed by atoms with Crippen molar-refractivity contribution >= 4 is 24.0 Å². The second kappa shape index (κ2) is 8.10. The molecule has 0 spiro atoms. The number of hydrogen-bond donors (Lipinski definition) is 2. The Morgan fingerprint density at radius 3 is 2.71 bits per heavy atom. The lowest BCUT2D eigenvalue weighted by molar-refractivity contribution is -0.120. The van der Waals surface area contributed by atoms with Crippen LogP contribution in [0.3, 0.4) is 0 Å². The standard InChI is InChI=1S/C15H22N2O3.ClH/c1-19-11-6-7-13(14(8-11)20-2)17-15(18)12-5-3-4-10(12)9-16;/h6-8,10,12H,3-5,9,16H2,1-2H3,(H,17,18);1H/t10-,12-;/m1./s1. The van der Waals surface area contributed by atoms with Gasteiger partial charge in [-0.15, -0.1) is 12.4 Å². The fourth-order valence-electron chi connectivity index (χ4n) is 2.79. The zero-order valence-corrected chi connectivity index (χ0v) is 13.2. The number of ether oxygens (including phenoxy) is 2. The molecule has 1 amide bonds. The number of carbonyl (C=O) groups excluding carboxylic acids is 1. The van der Waals surface area contributed by atoms with Gasteiger partial charge in [0.15, 0.2) is 0 Å². The summed E-state index contributed by atoms with van der Waals surface area (Å²) in [5.41, 5.74) is 6.40. The van der Waals surface area contributed by atoms with Crippen LogP contribution in [0, 0.1) is 11.8 Å². The van der Waals surface area contributed by atoms with E-state index in [4.69, 9.17) is 15.2 Å². The molecule has 5 nitrogen and oxygen atoms in total. The van der Waals surface area contributed by atoms with Crippen LogP contribution in [0.15, 0.2) is 18.2 Å². The highest BCUT2D eigenvalue weighted by Gasteiger charge is 2.32.